The van der Waals surface area contributed by atoms with Gasteiger partial charge < -0.3 is 14.7 Å². The number of benzene rings is 1. The van der Waals surface area contributed by atoms with Crippen LogP contribution in [0.15, 0.2) is 50.5 Å². The first-order valence-corrected chi connectivity index (χ1v) is 9.92. The lowest BCUT2D eigenvalue weighted by atomic mass is 10.2. The van der Waals surface area contributed by atoms with Gasteiger partial charge >= 0.3 is 0 Å². The zero-order valence-corrected chi connectivity index (χ0v) is 16.5. The number of carbonyl (C=O) groups excluding carboxylic acids is 2. The van der Waals surface area contributed by atoms with E-state index in [0.717, 1.165) is 17.3 Å². The molecule has 2 heterocycles. The standard InChI is InChI=1S/C18H18N4O3S2/c1-22(2)18(24)27-14-6-4-3-5-13(14)19-15(23)7-8-16-20-17(21-25-16)12-9-10-26-11-12/h3-6,9-11H,7-8H2,1-2H3,(H,19,23). The van der Waals surface area contributed by atoms with Crippen LogP contribution in [-0.2, 0) is 11.2 Å². The predicted molar refractivity (Wildman–Crippen MR) is 106 cm³/mol. The van der Waals surface area contributed by atoms with E-state index in [1.807, 2.05) is 29.0 Å². The van der Waals surface area contributed by atoms with Crippen molar-refractivity contribution in [3.8, 4) is 11.4 Å². The van der Waals surface area contributed by atoms with Crippen LogP contribution in [0, 0.1) is 0 Å². The molecule has 140 valence electrons. The fourth-order valence-corrected chi connectivity index (χ4v) is 3.52. The van der Waals surface area contributed by atoms with Gasteiger partial charge in [0.2, 0.25) is 17.6 Å². The first-order valence-electron chi connectivity index (χ1n) is 8.16. The number of amides is 2. The molecule has 0 aliphatic heterocycles. The maximum atomic E-state index is 12.3. The van der Waals surface area contributed by atoms with E-state index in [1.165, 1.54) is 4.90 Å². The molecule has 0 aliphatic rings. The van der Waals surface area contributed by atoms with Crippen LogP contribution in [0.1, 0.15) is 12.3 Å². The van der Waals surface area contributed by atoms with Gasteiger partial charge in [0, 0.05) is 42.8 Å². The summed E-state index contributed by atoms with van der Waals surface area (Å²) in [5.74, 6) is 0.753. The average Bonchev–Trinajstić information content (AvgIpc) is 3.33. The van der Waals surface area contributed by atoms with Gasteiger partial charge in [-0.1, -0.05) is 17.3 Å². The van der Waals surface area contributed by atoms with Crippen molar-refractivity contribution in [3.63, 3.8) is 0 Å². The Bertz CT molecular complexity index is 922. The second-order valence-electron chi connectivity index (χ2n) is 5.83. The topological polar surface area (TPSA) is 88.3 Å². The van der Waals surface area contributed by atoms with E-state index in [9.17, 15) is 9.59 Å². The van der Waals surface area contributed by atoms with Crippen molar-refractivity contribution in [2.45, 2.75) is 17.7 Å². The number of aromatic nitrogens is 2. The van der Waals surface area contributed by atoms with E-state index in [4.69, 9.17) is 4.52 Å². The molecule has 0 atom stereocenters. The first-order chi connectivity index (χ1) is 13.0. The van der Waals surface area contributed by atoms with Crippen LogP contribution in [0.2, 0.25) is 0 Å². The largest absolute Gasteiger partial charge is 0.339 e. The fourth-order valence-electron chi connectivity index (χ4n) is 2.14. The highest BCUT2D eigenvalue weighted by atomic mass is 32.2. The molecule has 0 unspecified atom stereocenters. The van der Waals surface area contributed by atoms with Gasteiger partial charge in [-0.15, -0.1) is 0 Å². The van der Waals surface area contributed by atoms with Crippen LogP contribution in [0.5, 0.6) is 0 Å². The van der Waals surface area contributed by atoms with E-state index in [1.54, 1.807) is 37.6 Å². The Balaban J connectivity index is 1.58. The second-order valence-corrected chi connectivity index (χ2v) is 7.60. The van der Waals surface area contributed by atoms with Crippen LogP contribution in [0.4, 0.5) is 10.5 Å². The first kappa shape index (κ1) is 19.1. The Labute approximate surface area is 164 Å². The number of carbonyl (C=O) groups is 2. The van der Waals surface area contributed by atoms with Crippen LogP contribution >= 0.6 is 23.1 Å². The summed E-state index contributed by atoms with van der Waals surface area (Å²) in [6, 6.07) is 9.11. The van der Waals surface area contributed by atoms with Crippen LogP contribution < -0.4 is 5.32 Å². The van der Waals surface area contributed by atoms with Gasteiger partial charge in [0.15, 0.2) is 0 Å². The molecule has 3 aromatic rings. The molecule has 0 aliphatic carbocycles. The maximum Gasteiger partial charge on any atom is 0.286 e. The molecular formula is C18H18N4O3S2. The quantitative estimate of drug-likeness (QED) is 0.623. The van der Waals surface area contributed by atoms with Crippen molar-refractivity contribution in [3.05, 3.63) is 47.0 Å². The molecule has 7 nitrogen and oxygen atoms in total. The van der Waals surface area contributed by atoms with Crippen molar-refractivity contribution in [1.82, 2.24) is 15.0 Å². The van der Waals surface area contributed by atoms with Gasteiger partial charge in [0.05, 0.1) is 5.69 Å². The number of aryl methyl sites for hydroxylation is 1. The molecule has 3 rings (SSSR count). The molecular weight excluding hydrogens is 384 g/mol. The highest BCUT2D eigenvalue weighted by molar-refractivity contribution is 8.13. The molecule has 0 spiro atoms. The predicted octanol–water partition coefficient (Wildman–Crippen LogP) is 4.14. The molecule has 2 aromatic heterocycles. The van der Waals surface area contributed by atoms with Crippen LogP contribution in [-0.4, -0.2) is 40.3 Å². The molecule has 1 N–H and O–H groups in total. The second kappa shape index (κ2) is 8.83. The van der Waals surface area contributed by atoms with E-state index >= 15 is 0 Å². The SMILES string of the molecule is CN(C)C(=O)Sc1ccccc1NC(=O)CCc1nc(-c2ccsc2)no1. The summed E-state index contributed by atoms with van der Waals surface area (Å²) >= 11 is 2.62. The zero-order valence-electron chi connectivity index (χ0n) is 14.8. The minimum Gasteiger partial charge on any atom is -0.339 e. The van der Waals surface area contributed by atoms with Gasteiger partial charge in [0.1, 0.15) is 0 Å². The highest BCUT2D eigenvalue weighted by Crippen LogP contribution is 2.28. The molecule has 0 saturated heterocycles. The number of nitrogens with one attached hydrogen (secondary N) is 1. The van der Waals surface area contributed by atoms with Crippen molar-refractivity contribution >= 4 is 39.9 Å². The minimum atomic E-state index is -0.185. The molecule has 0 fully saturated rings. The third-order valence-electron chi connectivity index (χ3n) is 3.54. The van der Waals surface area contributed by atoms with E-state index in [0.29, 0.717) is 28.7 Å². The Kier molecular flexibility index (Phi) is 6.25. The average molecular weight is 403 g/mol. The van der Waals surface area contributed by atoms with Gasteiger partial charge in [0.25, 0.3) is 5.24 Å². The van der Waals surface area contributed by atoms with Crippen molar-refractivity contribution in [2.24, 2.45) is 0 Å². The molecule has 2 amide bonds. The summed E-state index contributed by atoms with van der Waals surface area (Å²) in [5, 5.41) is 10.5. The Morgan fingerprint density at radius 3 is 2.81 bits per heavy atom. The van der Waals surface area contributed by atoms with Gasteiger partial charge in [-0.05, 0) is 35.3 Å². The van der Waals surface area contributed by atoms with Crippen molar-refractivity contribution in [2.75, 3.05) is 19.4 Å². The molecule has 9 heteroatoms. The zero-order chi connectivity index (χ0) is 19.2. The normalized spacial score (nSPS) is 10.6. The number of hydrogen-bond donors (Lipinski definition) is 1. The van der Waals surface area contributed by atoms with E-state index in [2.05, 4.69) is 15.5 Å². The summed E-state index contributed by atoms with van der Waals surface area (Å²) in [6.45, 7) is 0. The number of para-hydroxylation sites is 1. The summed E-state index contributed by atoms with van der Waals surface area (Å²) in [5.41, 5.74) is 1.50. The number of thiophene rings is 1. The lowest BCUT2D eigenvalue weighted by Gasteiger charge is -2.12. The van der Waals surface area contributed by atoms with Crippen molar-refractivity contribution in [1.29, 1.82) is 0 Å². The Morgan fingerprint density at radius 2 is 2.07 bits per heavy atom. The highest BCUT2D eigenvalue weighted by Gasteiger charge is 2.14. The number of thioether (sulfide) groups is 1. The molecule has 1 aromatic carbocycles. The third kappa shape index (κ3) is 5.18. The van der Waals surface area contributed by atoms with Gasteiger partial charge in [-0.2, -0.15) is 16.3 Å². The smallest absolute Gasteiger partial charge is 0.286 e. The molecule has 0 bridgehead atoms. The molecule has 27 heavy (non-hydrogen) atoms. The molecule has 0 radical (unpaired) electrons. The van der Waals surface area contributed by atoms with E-state index in [-0.39, 0.29) is 17.6 Å². The summed E-state index contributed by atoms with van der Waals surface area (Å²) < 4.78 is 5.20. The molecule has 0 saturated carbocycles. The van der Waals surface area contributed by atoms with E-state index < -0.39 is 0 Å². The minimum absolute atomic E-state index is 0.108. The maximum absolute atomic E-state index is 12.3. The number of anilines is 1. The summed E-state index contributed by atoms with van der Waals surface area (Å²) in [4.78, 5) is 30.7. The Morgan fingerprint density at radius 1 is 1.26 bits per heavy atom. The Hall–Kier alpha value is -2.65. The fraction of sp³-hybridized carbons (Fsp3) is 0.222. The monoisotopic (exact) mass is 402 g/mol. The third-order valence-corrected chi connectivity index (χ3v) is 5.34. The summed E-state index contributed by atoms with van der Waals surface area (Å²) in [6.07, 6.45) is 0.542. The lowest BCUT2D eigenvalue weighted by molar-refractivity contribution is -0.116. The van der Waals surface area contributed by atoms with Crippen molar-refractivity contribution < 1.29 is 14.1 Å². The lowest BCUT2D eigenvalue weighted by Crippen LogP contribution is -2.17. The van der Waals surface area contributed by atoms with Gasteiger partial charge in [-0.3, -0.25) is 9.59 Å². The number of rotatable bonds is 6. The number of nitrogens with zero attached hydrogens (tertiary/aromatic N) is 3. The van der Waals surface area contributed by atoms with Crippen LogP contribution in [0.3, 0.4) is 0 Å². The van der Waals surface area contributed by atoms with Gasteiger partial charge in [-0.25, -0.2) is 0 Å². The number of hydrogen-bond acceptors (Lipinski definition) is 7. The van der Waals surface area contributed by atoms with Crippen LogP contribution in [0.25, 0.3) is 11.4 Å². The summed E-state index contributed by atoms with van der Waals surface area (Å²) in [7, 11) is 3.37.